The zero-order valence-corrected chi connectivity index (χ0v) is 19.4. The molecule has 9 heteroatoms. The first-order valence-electron chi connectivity index (χ1n) is 11.0. The first-order chi connectivity index (χ1) is 17.1. The van der Waals surface area contributed by atoms with Gasteiger partial charge in [0, 0.05) is 11.3 Å². The molecule has 9 nitrogen and oxygen atoms in total. The monoisotopic (exact) mass is 478 g/mol. The quantitative estimate of drug-likeness (QED) is 0.486. The molecule has 1 heterocycles. The smallest absolute Gasteiger partial charge is 0.262 e. The highest BCUT2D eigenvalue weighted by Crippen LogP contribution is 2.31. The topological polar surface area (TPSA) is 104 Å². The van der Waals surface area contributed by atoms with Crippen LogP contribution in [0.2, 0.25) is 0 Å². The zero-order valence-electron chi connectivity index (χ0n) is 19.4. The highest BCUT2D eigenvalue weighted by atomic mass is 16.6. The van der Waals surface area contributed by atoms with E-state index in [0.717, 1.165) is 0 Å². The second-order valence-electron chi connectivity index (χ2n) is 7.64. The van der Waals surface area contributed by atoms with E-state index in [1.807, 2.05) is 24.3 Å². The standard InChI is InChI=1S/C26H26N2O7/c1-31-19-10-8-18(9-11-19)28-25(29)16-34-22-12-7-17(13-24(22)32-2)26(30)27-14-20-15-33-21-5-3-4-6-23(21)35-20/h3-13,20H,14-16H2,1-2H3,(H,27,30)(H,28,29)/t20-/m0/s1. The van der Waals surface area contributed by atoms with Crippen LogP contribution in [0.15, 0.2) is 66.7 Å². The number of hydrogen-bond acceptors (Lipinski definition) is 7. The van der Waals surface area contributed by atoms with Crippen LogP contribution in [0, 0.1) is 0 Å². The Kier molecular flexibility index (Phi) is 7.57. The number of fused-ring (bicyclic) bond motifs is 1. The molecule has 0 spiro atoms. The van der Waals surface area contributed by atoms with E-state index >= 15 is 0 Å². The van der Waals surface area contributed by atoms with Gasteiger partial charge in [0.2, 0.25) is 0 Å². The van der Waals surface area contributed by atoms with E-state index in [1.54, 1.807) is 49.6 Å². The third-order valence-corrected chi connectivity index (χ3v) is 5.22. The predicted molar refractivity (Wildman–Crippen MR) is 129 cm³/mol. The van der Waals surface area contributed by atoms with E-state index in [9.17, 15) is 9.59 Å². The summed E-state index contributed by atoms with van der Waals surface area (Å²) in [6.45, 7) is 0.389. The van der Waals surface area contributed by atoms with Crippen molar-refractivity contribution < 1.29 is 33.3 Å². The fourth-order valence-corrected chi connectivity index (χ4v) is 3.42. The average Bonchev–Trinajstić information content (AvgIpc) is 2.90. The Morgan fingerprint density at radius 3 is 2.46 bits per heavy atom. The second kappa shape index (κ2) is 11.1. The minimum Gasteiger partial charge on any atom is -0.497 e. The molecule has 1 aliphatic heterocycles. The number of para-hydroxylation sites is 2. The van der Waals surface area contributed by atoms with Crippen molar-refractivity contribution in [2.75, 3.05) is 39.3 Å². The molecule has 0 unspecified atom stereocenters. The molecule has 2 amide bonds. The lowest BCUT2D eigenvalue weighted by Crippen LogP contribution is -2.40. The lowest BCUT2D eigenvalue weighted by molar-refractivity contribution is -0.118. The molecule has 0 bridgehead atoms. The minimum absolute atomic E-state index is 0.228. The van der Waals surface area contributed by atoms with Crippen molar-refractivity contribution in [3.05, 3.63) is 72.3 Å². The number of methoxy groups -OCH3 is 2. The van der Waals surface area contributed by atoms with Crippen molar-refractivity contribution in [1.29, 1.82) is 0 Å². The molecule has 182 valence electrons. The van der Waals surface area contributed by atoms with Gasteiger partial charge in [-0.1, -0.05) is 12.1 Å². The summed E-state index contributed by atoms with van der Waals surface area (Å²) in [7, 11) is 3.04. The summed E-state index contributed by atoms with van der Waals surface area (Å²) in [5.74, 6) is 2.07. The zero-order chi connectivity index (χ0) is 24.6. The molecule has 0 radical (unpaired) electrons. The molecule has 0 saturated carbocycles. The van der Waals surface area contributed by atoms with Gasteiger partial charge >= 0.3 is 0 Å². The molecule has 3 aromatic rings. The summed E-state index contributed by atoms with van der Waals surface area (Å²) in [5.41, 5.74) is 1.00. The Bertz CT molecular complexity index is 1180. The summed E-state index contributed by atoms with van der Waals surface area (Å²) in [6.07, 6.45) is -0.303. The van der Waals surface area contributed by atoms with Crippen LogP contribution in [-0.4, -0.2) is 51.9 Å². The highest BCUT2D eigenvalue weighted by molar-refractivity contribution is 5.95. The number of anilines is 1. The Hall–Kier alpha value is -4.40. The van der Waals surface area contributed by atoms with Crippen molar-refractivity contribution in [3.63, 3.8) is 0 Å². The lowest BCUT2D eigenvalue weighted by Gasteiger charge is -2.26. The first-order valence-corrected chi connectivity index (χ1v) is 11.0. The van der Waals surface area contributed by atoms with Gasteiger partial charge in [0.05, 0.1) is 20.8 Å². The molecule has 0 fully saturated rings. The molecule has 0 aliphatic carbocycles. The summed E-state index contributed by atoms with van der Waals surface area (Å²) >= 11 is 0. The van der Waals surface area contributed by atoms with E-state index in [2.05, 4.69) is 10.6 Å². The molecule has 0 saturated heterocycles. The summed E-state index contributed by atoms with van der Waals surface area (Å²) in [5, 5.41) is 5.58. The molecular weight excluding hydrogens is 452 g/mol. The maximum absolute atomic E-state index is 12.7. The van der Waals surface area contributed by atoms with Crippen molar-refractivity contribution in [3.8, 4) is 28.7 Å². The first kappa shape index (κ1) is 23.7. The highest BCUT2D eigenvalue weighted by Gasteiger charge is 2.21. The van der Waals surface area contributed by atoms with Crippen LogP contribution in [-0.2, 0) is 4.79 Å². The van der Waals surface area contributed by atoms with Gasteiger partial charge in [-0.15, -0.1) is 0 Å². The third-order valence-electron chi connectivity index (χ3n) is 5.22. The average molecular weight is 479 g/mol. The van der Waals surface area contributed by atoms with Gasteiger partial charge < -0.3 is 34.3 Å². The maximum Gasteiger partial charge on any atom is 0.262 e. The molecular formula is C26H26N2O7. The molecule has 0 aromatic heterocycles. The Balaban J connectivity index is 1.29. The van der Waals surface area contributed by atoms with Gasteiger partial charge in [-0.3, -0.25) is 9.59 Å². The van der Waals surface area contributed by atoms with Gasteiger partial charge in [0.1, 0.15) is 18.5 Å². The van der Waals surface area contributed by atoms with E-state index in [-0.39, 0.29) is 31.1 Å². The summed E-state index contributed by atoms with van der Waals surface area (Å²) < 4.78 is 27.6. The van der Waals surface area contributed by atoms with Gasteiger partial charge in [0.15, 0.2) is 29.6 Å². The summed E-state index contributed by atoms with van der Waals surface area (Å²) in [6, 6.07) is 19.1. The van der Waals surface area contributed by atoms with E-state index < -0.39 is 0 Å². The predicted octanol–water partition coefficient (Wildman–Crippen LogP) is 3.29. The van der Waals surface area contributed by atoms with Crippen LogP contribution in [0.4, 0.5) is 5.69 Å². The van der Waals surface area contributed by atoms with Gasteiger partial charge in [-0.05, 0) is 54.6 Å². The van der Waals surface area contributed by atoms with Crippen molar-refractivity contribution in [2.24, 2.45) is 0 Å². The Morgan fingerprint density at radius 1 is 0.943 bits per heavy atom. The van der Waals surface area contributed by atoms with Crippen LogP contribution in [0.5, 0.6) is 28.7 Å². The van der Waals surface area contributed by atoms with Gasteiger partial charge in [-0.2, -0.15) is 0 Å². The van der Waals surface area contributed by atoms with Crippen molar-refractivity contribution >= 4 is 17.5 Å². The molecule has 4 rings (SSSR count). The van der Waals surface area contributed by atoms with E-state index in [4.69, 9.17) is 23.7 Å². The number of hydrogen-bond donors (Lipinski definition) is 2. The normalized spacial score (nSPS) is 13.9. The Morgan fingerprint density at radius 2 is 1.71 bits per heavy atom. The molecule has 1 atom stereocenters. The molecule has 1 aliphatic rings. The van der Waals surface area contributed by atoms with Crippen molar-refractivity contribution in [1.82, 2.24) is 5.32 Å². The van der Waals surface area contributed by atoms with E-state index in [1.165, 1.54) is 7.11 Å². The molecule has 35 heavy (non-hydrogen) atoms. The number of benzene rings is 3. The lowest BCUT2D eigenvalue weighted by atomic mass is 10.2. The number of carbonyl (C=O) groups excluding carboxylic acids is 2. The van der Waals surface area contributed by atoms with E-state index in [0.29, 0.717) is 46.6 Å². The SMILES string of the molecule is COc1ccc(NC(=O)COc2ccc(C(=O)NC[C@H]3COc4ccccc4O3)cc2OC)cc1. The Labute approximate surface area is 202 Å². The van der Waals surface area contributed by atoms with Gasteiger partial charge in [-0.25, -0.2) is 0 Å². The van der Waals surface area contributed by atoms with Crippen LogP contribution in [0.1, 0.15) is 10.4 Å². The maximum atomic E-state index is 12.7. The number of ether oxygens (including phenoxy) is 5. The largest absolute Gasteiger partial charge is 0.497 e. The van der Waals surface area contributed by atoms with Crippen LogP contribution < -0.4 is 34.3 Å². The summed E-state index contributed by atoms with van der Waals surface area (Å²) in [4.78, 5) is 24.9. The van der Waals surface area contributed by atoms with Crippen molar-refractivity contribution in [2.45, 2.75) is 6.10 Å². The minimum atomic E-state index is -0.338. The number of rotatable bonds is 9. The molecule has 2 N–H and O–H groups in total. The number of amides is 2. The van der Waals surface area contributed by atoms with Crippen LogP contribution in [0.3, 0.4) is 0 Å². The third kappa shape index (κ3) is 6.14. The van der Waals surface area contributed by atoms with Gasteiger partial charge in [0.25, 0.3) is 11.8 Å². The fraction of sp³-hybridized carbons (Fsp3) is 0.231. The second-order valence-corrected chi connectivity index (χ2v) is 7.64. The molecule has 3 aromatic carbocycles. The van der Waals surface area contributed by atoms with Crippen LogP contribution in [0.25, 0.3) is 0 Å². The van der Waals surface area contributed by atoms with Crippen LogP contribution >= 0.6 is 0 Å². The number of carbonyl (C=O) groups is 2. The number of nitrogens with one attached hydrogen (secondary N) is 2. The fourth-order valence-electron chi connectivity index (χ4n) is 3.42.